The molecule has 4 nitrogen and oxygen atoms in total. The Hall–Kier alpha value is -2.62. The van der Waals surface area contributed by atoms with E-state index in [4.69, 9.17) is 0 Å². The first kappa shape index (κ1) is 15.8. The Labute approximate surface area is 130 Å². The summed E-state index contributed by atoms with van der Waals surface area (Å²) < 4.78 is 0. The fourth-order valence-electron chi connectivity index (χ4n) is 2.01. The second kappa shape index (κ2) is 7.98. The highest BCUT2D eigenvalue weighted by molar-refractivity contribution is 5.92. The van der Waals surface area contributed by atoms with Crippen LogP contribution in [0.2, 0.25) is 0 Å². The third kappa shape index (κ3) is 5.05. The van der Waals surface area contributed by atoms with Crippen molar-refractivity contribution < 1.29 is 9.59 Å². The SMILES string of the molecule is CCC(=O)Nc1ccc(NC(=O)CCc2ccccc2)cc1. The van der Waals surface area contributed by atoms with Gasteiger partial charge < -0.3 is 10.6 Å². The van der Waals surface area contributed by atoms with Crippen LogP contribution in [0.3, 0.4) is 0 Å². The summed E-state index contributed by atoms with van der Waals surface area (Å²) in [4.78, 5) is 23.2. The van der Waals surface area contributed by atoms with E-state index >= 15 is 0 Å². The van der Waals surface area contributed by atoms with Crippen molar-refractivity contribution in [2.24, 2.45) is 0 Å². The Kier molecular flexibility index (Phi) is 5.72. The minimum atomic E-state index is -0.0281. The minimum absolute atomic E-state index is 0.0193. The molecule has 0 aliphatic rings. The van der Waals surface area contributed by atoms with Gasteiger partial charge in [-0.2, -0.15) is 0 Å². The molecule has 0 aromatic heterocycles. The minimum Gasteiger partial charge on any atom is -0.326 e. The summed E-state index contributed by atoms with van der Waals surface area (Å²) in [6.45, 7) is 1.80. The van der Waals surface area contributed by atoms with Crippen molar-refractivity contribution in [3.8, 4) is 0 Å². The van der Waals surface area contributed by atoms with Crippen LogP contribution in [0.1, 0.15) is 25.3 Å². The molecule has 0 aliphatic heterocycles. The van der Waals surface area contributed by atoms with Crippen molar-refractivity contribution in [1.29, 1.82) is 0 Å². The number of carbonyl (C=O) groups excluding carboxylic acids is 2. The average molecular weight is 296 g/mol. The maximum Gasteiger partial charge on any atom is 0.224 e. The van der Waals surface area contributed by atoms with Gasteiger partial charge in [-0.1, -0.05) is 37.3 Å². The Balaban J connectivity index is 1.82. The molecular weight excluding hydrogens is 276 g/mol. The first-order valence-corrected chi connectivity index (χ1v) is 7.41. The van der Waals surface area contributed by atoms with E-state index in [0.717, 1.165) is 23.4 Å². The van der Waals surface area contributed by atoms with E-state index in [-0.39, 0.29) is 11.8 Å². The molecule has 0 aliphatic carbocycles. The van der Waals surface area contributed by atoms with Gasteiger partial charge in [0.15, 0.2) is 0 Å². The lowest BCUT2D eigenvalue weighted by atomic mass is 10.1. The summed E-state index contributed by atoms with van der Waals surface area (Å²) in [6.07, 6.45) is 1.60. The van der Waals surface area contributed by atoms with Crippen LogP contribution in [0.15, 0.2) is 54.6 Å². The highest BCUT2D eigenvalue weighted by Gasteiger charge is 2.04. The molecule has 2 N–H and O–H groups in total. The predicted molar refractivity (Wildman–Crippen MR) is 88.8 cm³/mol. The molecule has 22 heavy (non-hydrogen) atoms. The zero-order valence-corrected chi connectivity index (χ0v) is 12.6. The van der Waals surface area contributed by atoms with E-state index in [2.05, 4.69) is 10.6 Å². The molecule has 114 valence electrons. The van der Waals surface area contributed by atoms with Crippen LogP contribution < -0.4 is 10.6 Å². The molecule has 0 atom stereocenters. The lowest BCUT2D eigenvalue weighted by Gasteiger charge is -2.07. The Morgan fingerprint density at radius 2 is 1.36 bits per heavy atom. The number of benzene rings is 2. The first-order valence-electron chi connectivity index (χ1n) is 7.41. The summed E-state index contributed by atoms with van der Waals surface area (Å²) in [6, 6.07) is 17.0. The van der Waals surface area contributed by atoms with Gasteiger partial charge in [0.1, 0.15) is 0 Å². The smallest absolute Gasteiger partial charge is 0.224 e. The third-order valence-electron chi connectivity index (χ3n) is 3.26. The van der Waals surface area contributed by atoms with E-state index in [0.29, 0.717) is 12.8 Å². The molecular formula is C18H20N2O2. The zero-order chi connectivity index (χ0) is 15.8. The average Bonchev–Trinajstić information content (AvgIpc) is 2.55. The molecule has 4 heteroatoms. The van der Waals surface area contributed by atoms with Crippen molar-refractivity contribution in [1.82, 2.24) is 0 Å². The Morgan fingerprint density at radius 1 is 0.818 bits per heavy atom. The molecule has 0 saturated heterocycles. The van der Waals surface area contributed by atoms with Gasteiger partial charge in [-0.15, -0.1) is 0 Å². The van der Waals surface area contributed by atoms with Gasteiger partial charge in [-0.3, -0.25) is 9.59 Å². The maximum absolute atomic E-state index is 11.9. The molecule has 0 heterocycles. The van der Waals surface area contributed by atoms with E-state index in [1.165, 1.54) is 0 Å². The number of hydrogen-bond acceptors (Lipinski definition) is 2. The van der Waals surface area contributed by atoms with Gasteiger partial charge in [0.05, 0.1) is 0 Å². The molecule has 0 fully saturated rings. The molecule has 0 unspecified atom stereocenters. The van der Waals surface area contributed by atoms with Crippen LogP contribution >= 0.6 is 0 Å². The summed E-state index contributed by atoms with van der Waals surface area (Å²) in [5.41, 5.74) is 2.61. The number of nitrogens with one attached hydrogen (secondary N) is 2. The number of anilines is 2. The first-order chi connectivity index (χ1) is 10.7. The van der Waals surface area contributed by atoms with Crippen molar-refractivity contribution in [2.45, 2.75) is 26.2 Å². The monoisotopic (exact) mass is 296 g/mol. The standard InChI is InChI=1S/C18H20N2O2/c1-2-17(21)19-15-9-11-16(12-10-15)20-18(22)13-8-14-6-4-3-5-7-14/h3-7,9-12H,2,8,13H2,1H3,(H,19,21)(H,20,22). The second-order valence-electron chi connectivity index (χ2n) is 5.01. The molecule has 2 aromatic carbocycles. The third-order valence-corrected chi connectivity index (χ3v) is 3.26. The summed E-state index contributed by atoms with van der Waals surface area (Å²) in [5, 5.41) is 5.62. The fourth-order valence-corrected chi connectivity index (χ4v) is 2.01. The second-order valence-corrected chi connectivity index (χ2v) is 5.01. The lowest BCUT2D eigenvalue weighted by molar-refractivity contribution is -0.116. The molecule has 0 bridgehead atoms. The highest BCUT2D eigenvalue weighted by atomic mass is 16.2. The number of amides is 2. The van der Waals surface area contributed by atoms with Gasteiger partial charge in [0, 0.05) is 24.2 Å². The van der Waals surface area contributed by atoms with Crippen molar-refractivity contribution in [3.05, 3.63) is 60.2 Å². The number of carbonyl (C=O) groups is 2. The maximum atomic E-state index is 11.9. The molecule has 2 aromatic rings. The van der Waals surface area contributed by atoms with E-state index in [9.17, 15) is 9.59 Å². The van der Waals surface area contributed by atoms with Crippen LogP contribution in [-0.2, 0) is 16.0 Å². The quantitative estimate of drug-likeness (QED) is 0.855. The van der Waals surface area contributed by atoms with Gasteiger partial charge >= 0.3 is 0 Å². The van der Waals surface area contributed by atoms with E-state index in [1.807, 2.05) is 30.3 Å². The molecule has 0 saturated carbocycles. The summed E-state index contributed by atoms with van der Waals surface area (Å²) >= 11 is 0. The summed E-state index contributed by atoms with van der Waals surface area (Å²) in [7, 11) is 0. The fraction of sp³-hybridized carbons (Fsp3) is 0.222. The van der Waals surface area contributed by atoms with Crippen LogP contribution in [0, 0.1) is 0 Å². The Morgan fingerprint density at radius 3 is 1.91 bits per heavy atom. The van der Waals surface area contributed by atoms with Gasteiger partial charge in [0.2, 0.25) is 11.8 Å². The number of rotatable bonds is 6. The summed E-state index contributed by atoms with van der Waals surface area (Å²) in [5.74, 6) is -0.0474. The van der Waals surface area contributed by atoms with E-state index in [1.54, 1.807) is 31.2 Å². The van der Waals surface area contributed by atoms with Gasteiger partial charge in [-0.05, 0) is 36.2 Å². The van der Waals surface area contributed by atoms with Crippen LogP contribution in [0.25, 0.3) is 0 Å². The molecule has 2 amide bonds. The molecule has 0 radical (unpaired) electrons. The van der Waals surface area contributed by atoms with Crippen LogP contribution in [-0.4, -0.2) is 11.8 Å². The van der Waals surface area contributed by atoms with Crippen molar-refractivity contribution >= 4 is 23.2 Å². The van der Waals surface area contributed by atoms with Crippen LogP contribution in [0.5, 0.6) is 0 Å². The number of aryl methyl sites for hydroxylation is 1. The predicted octanol–water partition coefficient (Wildman–Crippen LogP) is 3.61. The molecule has 2 rings (SSSR count). The van der Waals surface area contributed by atoms with Crippen molar-refractivity contribution in [3.63, 3.8) is 0 Å². The normalized spacial score (nSPS) is 10.0. The van der Waals surface area contributed by atoms with Crippen LogP contribution in [0.4, 0.5) is 11.4 Å². The topological polar surface area (TPSA) is 58.2 Å². The highest BCUT2D eigenvalue weighted by Crippen LogP contribution is 2.14. The van der Waals surface area contributed by atoms with Gasteiger partial charge in [-0.25, -0.2) is 0 Å². The zero-order valence-electron chi connectivity index (χ0n) is 12.6. The molecule has 0 spiro atoms. The largest absolute Gasteiger partial charge is 0.326 e. The van der Waals surface area contributed by atoms with E-state index < -0.39 is 0 Å². The van der Waals surface area contributed by atoms with Crippen molar-refractivity contribution in [2.75, 3.05) is 10.6 Å². The Bertz CT molecular complexity index is 621. The lowest BCUT2D eigenvalue weighted by Crippen LogP contribution is -2.13. The number of hydrogen-bond donors (Lipinski definition) is 2. The van der Waals surface area contributed by atoms with Gasteiger partial charge in [0.25, 0.3) is 0 Å².